The van der Waals surface area contributed by atoms with E-state index in [-0.39, 0.29) is 25.2 Å². The molecule has 2 aromatic carbocycles. The van der Waals surface area contributed by atoms with E-state index in [2.05, 4.69) is 4.98 Å². The van der Waals surface area contributed by atoms with Crippen molar-refractivity contribution in [3.05, 3.63) is 74.7 Å². The Balaban J connectivity index is 1.87. The van der Waals surface area contributed by atoms with E-state index in [1.165, 1.54) is 11.3 Å². The highest BCUT2D eigenvalue weighted by molar-refractivity contribution is 7.09. The molecule has 1 aromatic heterocycles. The molecule has 0 unspecified atom stereocenters. The number of aliphatic hydroxyl groups excluding tert-OH is 1. The van der Waals surface area contributed by atoms with Crippen LogP contribution < -0.4 is 9.47 Å². The van der Waals surface area contributed by atoms with Crippen molar-refractivity contribution in [1.29, 1.82) is 0 Å². The highest BCUT2D eigenvalue weighted by Gasteiger charge is 2.24. The minimum atomic E-state index is -0.116. The van der Waals surface area contributed by atoms with Crippen LogP contribution in [0.4, 0.5) is 0 Å². The van der Waals surface area contributed by atoms with Crippen LogP contribution in [0.3, 0.4) is 0 Å². The fourth-order valence-corrected chi connectivity index (χ4v) is 4.14. The molecule has 1 atom stereocenters. The molecule has 0 radical (unpaired) electrons. The number of para-hydroxylation sites is 1. The third kappa shape index (κ3) is 5.79. The molecule has 3 rings (SSSR count). The molecule has 0 spiro atoms. The number of carbonyl (C=O) groups excluding carboxylic acids is 1. The maximum atomic E-state index is 13.5. The Morgan fingerprint density at radius 3 is 2.72 bits per heavy atom. The monoisotopic (exact) mass is 474 g/mol. The van der Waals surface area contributed by atoms with E-state index in [0.717, 1.165) is 17.0 Å². The van der Waals surface area contributed by atoms with Gasteiger partial charge in [0.05, 0.1) is 25.0 Å². The van der Waals surface area contributed by atoms with Gasteiger partial charge in [-0.3, -0.25) is 4.79 Å². The number of benzene rings is 2. The summed E-state index contributed by atoms with van der Waals surface area (Å²) in [7, 11) is 1.56. The first-order valence-corrected chi connectivity index (χ1v) is 11.6. The van der Waals surface area contributed by atoms with Gasteiger partial charge in [-0.1, -0.05) is 30.7 Å². The summed E-state index contributed by atoms with van der Waals surface area (Å²) in [6.45, 7) is 4.57. The number of rotatable bonds is 10. The first-order valence-electron chi connectivity index (χ1n) is 10.4. The van der Waals surface area contributed by atoms with Crippen LogP contribution in [-0.2, 0) is 19.8 Å². The van der Waals surface area contributed by atoms with Crippen molar-refractivity contribution >= 4 is 28.8 Å². The van der Waals surface area contributed by atoms with Crippen LogP contribution in [0.15, 0.2) is 47.8 Å². The number of hydrogen-bond acceptors (Lipinski definition) is 6. The number of nitrogens with zero attached hydrogens (tertiary/aromatic N) is 2. The van der Waals surface area contributed by atoms with Gasteiger partial charge in [0.2, 0.25) is 0 Å². The lowest BCUT2D eigenvalue weighted by molar-refractivity contribution is 0.0666. The molecule has 0 saturated heterocycles. The van der Waals surface area contributed by atoms with Crippen molar-refractivity contribution < 1.29 is 19.4 Å². The van der Waals surface area contributed by atoms with Gasteiger partial charge in [0.1, 0.15) is 23.1 Å². The highest BCUT2D eigenvalue weighted by atomic mass is 35.5. The average molecular weight is 475 g/mol. The maximum absolute atomic E-state index is 13.5. The quantitative estimate of drug-likeness (QED) is 0.430. The number of carbonyl (C=O) groups is 1. The van der Waals surface area contributed by atoms with Crippen molar-refractivity contribution in [2.24, 2.45) is 0 Å². The summed E-state index contributed by atoms with van der Waals surface area (Å²) >= 11 is 7.71. The van der Waals surface area contributed by atoms with E-state index >= 15 is 0 Å². The van der Waals surface area contributed by atoms with Crippen LogP contribution in [0, 0.1) is 0 Å². The standard InChI is InChI=1S/C24H27ClN2O4S/c1-4-16(2)27(24(29)20-7-5-6-8-22(20)30-3)12-17-11-18(25)9-10-21(17)31-14-23-26-19(13-28)15-32-23/h5-11,15-16,28H,4,12-14H2,1-3H3/t16-/m0/s1. The zero-order valence-electron chi connectivity index (χ0n) is 18.4. The Labute approximate surface area is 197 Å². The summed E-state index contributed by atoms with van der Waals surface area (Å²) in [6.07, 6.45) is 0.792. The number of aromatic nitrogens is 1. The molecular weight excluding hydrogens is 448 g/mol. The predicted octanol–water partition coefficient (Wildman–Crippen LogP) is 5.32. The van der Waals surface area contributed by atoms with Crippen LogP contribution in [-0.4, -0.2) is 34.0 Å². The number of thiazole rings is 1. The van der Waals surface area contributed by atoms with Crippen molar-refractivity contribution in [1.82, 2.24) is 9.88 Å². The van der Waals surface area contributed by atoms with Crippen molar-refractivity contribution in [3.63, 3.8) is 0 Å². The summed E-state index contributed by atoms with van der Waals surface area (Å²) in [4.78, 5) is 19.6. The molecule has 0 saturated carbocycles. The number of methoxy groups -OCH3 is 1. The normalized spacial score (nSPS) is 11.8. The van der Waals surface area contributed by atoms with E-state index in [0.29, 0.717) is 34.3 Å². The molecule has 32 heavy (non-hydrogen) atoms. The van der Waals surface area contributed by atoms with E-state index in [1.54, 1.807) is 36.8 Å². The van der Waals surface area contributed by atoms with Gasteiger partial charge in [0.25, 0.3) is 5.91 Å². The second-order valence-electron chi connectivity index (χ2n) is 7.32. The molecular formula is C24H27ClN2O4S. The van der Waals surface area contributed by atoms with Crippen molar-refractivity contribution in [3.8, 4) is 11.5 Å². The van der Waals surface area contributed by atoms with Crippen LogP contribution >= 0.6 is 22.9 Å². The van der Waals surface area contributed by atoms with Gasteiger partial charge < -0.3 is 19.5 Å². The van der Waals surface area contributed by atoms with E-state index in [1.807, 2.05) is 36.9 Å². The predicted molar refractivity (Wildman–Crippen MR) is 126 cm³/mol. The molecule has 0 aliphatic heterocycles. The Hall–Kier alpha value is -2.61. The zero-order chi connectivity index (χ0) is 23.1. The summed E-state index contributed by atoms with van der Waals surface area (Å²) in [5.74, 6) is 1.06. The number of ether oxygens (including phenoxy) is 2. The minimum absolute atomic E-state index is 0.00896. The minimum Gasteiger partial charge on any atom is -0.496 e. The number of hydrogen-bond donors (Lipinski definition) is 1. The molecule has 3 aromatic rings. The second kappa shape index (κ2) is 11.3. The van der Waals surface area contributed by atoms with Crippen LogP contribution in [0.2, 0.25) is 5.02 Å². The fourth-order valence-electron chi connectivity index (χ4n) is 3.25. The first-order chi connectivity index (χ1) is 15.5. The van der Waals surface area contributed by atoms with Gasteiger partial charge in [-0.05, 0) is 43.7 Å². The Morgan fingerprint density at radius 2 is 2.03 bits per heavy atom. The molecule has 1 amide bonds. The maximum Gasteiger partial charge on any atom is 0.258 e. The topological polar surface area (TPSA) is 71.9 Å². The third-order valence-corrected chi connectivity index (χ3v) is 6.30. The van der Waals surface area contributed by atoms with Gasteiger partial charge in [-0.15, -0.1) is 11.3 Å². The van der Waals surface area contributed by atoms with Crippen molar-refractivity contribution in [2.75, 3.05) is 7.11 Å². The Bertz CT molecular complexity index is 1060. The Kier molecular flexibility index (Phi) is 8.50. The largest absolute Gasteiger partial charge is 0.496 e. The molecule has 1 heterocycles. The summed E-state index contributed by atoms with van der Waals surface area (Å²) in [6, 6.07) is 12.6. The summed E-state index contributed by atoms with van der Waals surface area (Å²) in [5.41, 5.74) is 1.94. The van der Waals surface area contributed by atoms with Gasteiger partial charge in [0.15, 0.2) is 0 Å². The fraction of sp³-hybridized carbons (Fsp3) is 0.333. The highest BCUT2D eigenvalue weighted by Crippen LogP contribution is 2.29. The van der Waals surface area contributed by atoms with E-state index in [4.69, 9.17) is 21.1 Å². The van der Waals surface area contributed by atoms with Gasteiger partial charge in [0, 0.05) is 28.6 Å². The third-order valence-electron chi connectivity index (χ3n) is 5.20. The van der Waals surface area contributed by atoms with Gasteiger partial charge in [-0.2, -0.15) is 0 Å². The number of amides is 1. The zero-order valence-corrected chi connectivity index (χ0v) is 19.9. The summed E-state index contributed by atoms with van der Waals surface area (Å²) in [5, 5.41) is 12.3. The number of halogens is 1. The van der Waals surface area contributed by atoms with Crippen LogP contribution in [0.5, 0.6) is 11.5 Å². The lowest BCUT2D eigenvalue weighted by Crippen LogP contribution is -2.38. The Morgan fingerprint density at radius 1 is 1.25 bits per heavy atom. The number of aliphatic hydroxyl groups is 1. The van der Waals surface area contributed by atoms with Crippen LogP contribution in [0.1, 0.15) is 46.9 Å². The lowest BCUT2D eigenvalue weighted by Gasteiger charge is -2.30. The molecule has 8 heteroatoms. The SMILES string of the molecule is CC[C@H](C)N(Cc1cc(Cl)ccc1OCc1nc(CO)cs1)C(=O)c1ccccc1OC. The second-order valence-corrected chi connectivity index (χ2v) is 8.70. The van der Waals surface area contributed by atoms with Crippen molar-refractivity contribution in [2.45, 2.75) is 46.1 Å². The molecule has 0 aliphatic rings. The smallest absolute Gasteiger partial charge is 0.258 e. The van der Waals surface area contributed by atoms with Gasteiger partial charge in [-0.25, -0.2) is 4.98 Å². The summed E-state index contributed by atoms with van der Waals surface area (Å²) < 4.78 is 11.4. The molecule has 170 valence electrons. The molecule has 0 aliphatic carbocycles. The first kappa shape index (κ1) is 24.0. The van der Waals surface area contributed by atoms with Gasteiger partial charge >= 0.3 is 0 Å². The molecule has 1 N–H and O–H groups in total. The lowest BCUT2D eigenvalue weighted by atomic mass is 10.1. The molecule has 0 fully saturated rings. The average Bonchev–Trinajstić information content (AvgIpc) is 3.29. The van der Waals surface area contributed by atoms with E-state index in [9.17, 15) is 9.90 Å². The van der Waals surface area contributed by atoms with E-state index < -0.39 is 0 Å². The molecule has 6 nitrogen and oxygen atoms in total. The van der Waals surface area contributed by atoms with Crippen LogP contribution in [0.25, 0.3) is 0 Å². The molecule has 0 bridgehead atoms.